The number of ether oxygens (including phenoxy) is 1. The van der Waals surface area contributed by atoms with Crippen LogP contribution >= 0.6 is 15.9 Å². The number of rotatable bonds is 8. The van der Waals surface area contributed by atoms with Crippen LogP contribution in [0.2, 0.25) is 0 Å². The molecule has 0 saturated heterocycles. The lowest BCUT2D eigenvalue weighted by Crippen LogP contribution is -2.34. The minimum absolute atomic E-state index is 0.0115. The maximum absolute atomic E-state index is 11.9. The molecular weight excluding hydrogens is 332 g/mol. The van der Waals surface area contributed by atoms with E-state index in [0.29, 0.717) is 24.9 Å². The van der Waals surface area contributed by atoms with Crippen molar-refractivity contribution in [1.29, 1.82) is 0 Å². The van der Waals surface area contributed by atoms with Crippen LogP contribution in [0.1, 0.15) is 33.3 Å². The first-order valence-electron chi connectivity index (χ1n) is 7.40. The molecule has 0 saturated carbocycles. The van der Waals surface area contributed by atoms with Gasteiger partial charge in [0.05, 0.1) is 4.47 Å². The Morgan fingerprint density at radius 3 is 2.52 bits per heavy atom. The van der Waals surface area contributed by atoms with E-state index in [0.717, 1.165) is 11.0 Å². The maximum Gasteiger partial charge on any atom is 0.260 e. The molecule has 0 spiro atoms. The molecule has 118 valence electrons. The van der Waals surface area contributed by atoms with E-state index in [1.165, 1.54) is 5.56 Å². The lowest BCUT2D eigenvalue weighted by Gasteiger charge is -2.19. The summed E-state index contributed by atoms with van der Waals surface area (Å²) in [4.78, 5) is 13.7. The number of carbonyl (C=O) groups excluding carboxylic acids is 1. The second-order valence-electron chi connectivity index (χ2n) is 5.16. The van der Waals surface area contributed by atoms with Gasteiger partial charge in [-0.1, -0.05) is 19.9 Å². The fourth-order valence-electron chi connectivity index (χ4n) is 1.90. The highest BCUT2D eigenvalue weighted by atomic mass is 79.9. The van der Waals surface area contributed by atoms with E-state index >= 15 is 0 Å². The monoisotopic (exact) mass is 356 g/mol. The van der Waals surface area contributed by atoms with Crippen LogP contribution in [0.25, 0.3) is 0 Å². The van der Waals surface area contributed by atoms with Gasteiger partial charge >= 0.3 is 0 Å². The number of amides is 1. The summed E-state index contributed by atoms with van der Waals surface area (Å²) in [7, 11) is 0. The van der Waals surface area contributed by atoms with Crippen molar-refractivity contribution in [2.75, 3.05) is 19.7 Å². The third kappa shape index (κ3) is 6.06. The first-order chi connectivity index (χ1) is 9.97. The van der Waals surface area contributed by atoms with E-state index in [9.17, 15) is 4.79 Å². The topological polar surface area (TPSA) is 41.6 Å². The number of hydrogen-bond donors (Lipinski definition) is 1. The number of halogens is 1. The van der Waals surface area contributed by atoms with E-state index < -0.39 is 0 Å². The van der Waals surface area contributed by atoms with E-state index in [4.69, 9.17) is 4.74 Å². The Morgan fingerprint density at radius 1 is 1.33 bits per heavy atom. The standard InChI is InChI=1S/C16H25BrN2O2/c1-5-19(6-2)16(20)11-21-15-8-7-13(9-14(15)17)10-18-12(3)4/h7-9,12,18H,5-6,10-11H2,1-4H3. The van der Waals surface area contributed by atoms with Crippen LogP contribution < -0.4 is 10.1 Å². The Morgan fingerprint density at radius 2 is 2.00 bits per heavy atom. The molecule has 0 aliphatic rings. The molecule has 0 unspecified atom stereocenters. The average molecular weight is 357 g/mol. The molecule has 0 aliphatic carbocycles. The van der Waals surface area contributed by atoms with Crippen LogP contribution in [0.3, 0.4) is 0 Å². The molecule has 4 nitrogen and oxygen atoms in total. The lowest BCUT2D eigenvalue weighted by molar-refractivity contribution is -0.132. The van der Waals surface area contributed by atoms with Gasteiger partial charge in [0.25, 0.3) is 5.91 Å². The van der Waals surface area contributed by atoms with Crippen LogP contribution in [0.5, 0.6) is 5.75 Å². The molecule has 21 heavy (non-hydrogen) atoms. The molecule has 0 aromatic heterocycles. The van der Waals surface area contributed by atoms with Crippen molar-refractivity contribution < 1.29 is 9.53 Å². The second-order valence-corrected chi connectivity index (χ2v) is 6.01. The van der Waals surface area contributed by atoms with Crippen molar-refractivity contribution in [3.63, 3.8) is 0 Å². The molecule has 1 aromatic rings. The molecule has 5 heteroatoms. The Balaban J connectivity index is 2.58. The quantitative estimate of drug-likeness (QED) is 0.777. The third-order valence-electron chi connectivity index (χ3n) is 3.18. The second kappa shape index (κ2) is 9.05. The zero-order chi connectivity index (χ0) is 15.8. The number of nitrogens with one attached hydrogen (secondary N) is 1. The fraction of sp³-hybridized carbons (Fsp3) is 0.562. The first-order valence-corrected chi connectivity index (χ1v) is 8.19. The summed E-state index contributed by atoms with van der Waals surface area (Å²) in [6, 6.07) is 6.38. The van der Waals surface area contributed by atoms with Gasteiger partial charge in [0, 0.05) is 25.7 Å². The zero-order valence-corrected chi connectivity index (χ0v) is 14.9. The van der Waals surface area contributed by atoms with Gasteiger partial charge in [0.15, 0.2) is 6.61 Å². The highest BCUT2D eigenvalue weighted by Gasteiger charge is 2.11. The summed E-state index contributed by atoms with van der Waals surface area (Å²) in [6.07, 6.45) is 0. The van der Waals surface area contributed by atoms with Crippen LogP contribution in [0, 0.1) is 0 Å². The van der Waals surface area contributed by atoms with Gasteiger partial charge in [-0.25, -0.2) is 0 Å². The average Bonchev–Trinajstić information content (AvgIpc) is 2.45. The van der Waals surface area contributed by atoms with Gasteiger partial charge in [-0.3, -0.25) is 4.79 Å². The molecule has 1 aromatic carbocycles. The first kappa shape index (κ1) is 18.0. The third-order valence-corrected chi connectivity index (χ3v) is 3.80. The maximum atomic E-state index is 11.9. The highest BCUT2D eigenvalue weighted by Crippen LogP contribution is 2.26. The Kier molecular flexibility index (Phi) is 7.75. The predicted octanol–water partition coefficient (Wildman–Crippen LogP) is 3.19. The molecule has 1 N–H and O–H groups in total. The van der Waals surface area contributed by atoms with Crippen molar-refractivity contribution in [1.82, 2.24) is 10.2 Å². The summed E-state index contributed by atoms with van der Waals surface area (Å²) in [5.41, 5.74) is 1.18. The predicted molar refractivity (Wildman–Crippen MR) is 89.5 cm³/mol. The van der Waals surface area contributed by atoms with E-state index in [1.54, 1.807) is 4.90 Å². The van der Waals surface area contributed by atoms with Gasteiger partial charge < -0.3 is 15.0 Å². The van der Waals surface area contributed by atoms with Gasteiger partial charge in [0.1, 0.15) is 5.75 Å². The number of likely N-dealkylation sites (N-methyl/N-ethyl adjacent to an activating group) is 1. The molecule has 0 bridgehead atoms. The van der Waals surface area contributed by atoms with E-state index in [1.807, 2.05) is 32.0 Å². The summed E-state index contributed by atoms with van der Waals surface area (Å²) in [6.45, 7) is 10.5. The number of hydrogen-bond acceptors (Lipinski definition) is 3. The lowest BCUT2D eigenvalue weighted by atomic mass is 10.2. The minimum Gasteiger partial charge on any atom is -0.483 e. The number of carbonyl (C=O) groups is 1. The van der Waals surface area contributed by atoms with Gasteiger partial charge in [-0.05, 0) is 47.5 Å². The summed E-state index contributed by atoms with van der Waals surface area (Å²) < 4.78 is 6.48. The molecule has 0 radical (unpaired) electrons. The molecule has 1 rings (SSSR count). The normalized spacial score (nSPS) is 10.8. The largest absolute Gasteiger partial charge is 0.483 e. The van der Waals surface area contributed by atoms with E-state index in [-0.39, 0.29) is 12.5 Å². The molecule has 1 amide bonds. The molecule has 0 fully saturated rings. The van der Waals surface area contributed by atoms with Crippen molar-refractivity contribution >= 4 is 21.8 Å². The van der Waals surface area contributed by atoms with E-state index in [2.05, 4.69) is 35.1 Å². The zero-order valence-electron chi connectivity index (χ0n) is 13.3. The van der Waals surface area contributed by atoms with Crippen molar-refractivity contribution in [3.05, 3.63) is 28.2 Å². The van der Waals surface area contributed by atoms with Crippen molar-refractivity contribution in [3.8, 4) is 5.75 Å². The summed E-state index contributed by atoms with van der Waals surface area (Å²) in [5, 5.41) is 3.37. The molecule has 0 heterocycles. The van der Waals surface area contributed by atoms with Gasteiger partial charge in [-0.15, -0.1) is 0 Å². The number of nitrogens with zero attached hydrogens (tertiary/aromatic N) is 1. The molecular formula is C16H25BrN2O2. The molecule has 0 aliphatic heterocycles. The van der Waals surface area contributed by atoms with Crippen molar-refractivity contribution in [2.24, 2.45) is 0 Å². The van der Waals surface area contributed by atoms with Crippen LogP contribution in [0.15, 0.2) is 22.7 Å². The van der Waals surface area contributed by atoms with Crippen LogP contribution in [0.4, 0.5) is 0 Å². The summed E-state index contributed by atoms with van der Waals surface area (Å²) in [5.74, 6) is 0.709. The van der Waals surface area contributed by atoms with Crippen molar-refractivity contribution in [2.45, 2.75) is 40.3 Å². The minimum atomic E-state index is 0.0115. The Hall–Kier alpha value is -1.07. The van der Waals surface area contributed by atoms with Gasteiger partial charge in [0.2, 0.25) is 0 Å². The Labute approximate surface area is 136 Å². The summed E-state index contributed by atoms with van der Waals surface area (Å²) >= 11 is 3.50. The SMILES string of the molecule is CCN(CC)C(=O)COc1ccc(CNC(C)C)cc1Br. The fourth-order valence-corrected chi connectivity index (χ4v) is 2.44. The smallest absolute Gasteiger partial charge is 0.260 e. The highest BCUT2D eigenvalue weighted by molar-refractivity contribution is 9.10. The van der Waals surface area contributed by atoms with Gasteiger partial charge in [-0.2, -0.15) is 0 Å². The number of benzene rings is 1. The van der Waals surface area contributed by atoms with Crippen LogP contribution in [-0.4, -0.2) is 36.5 Å². The van der Waals surface area contributed by atoms with Crippen LogP contribution in [-0.2, 0) is 11.3 Å². The molecule has 0 atom stereocenters. The Bertz CT molecular complexity index is 460.